The molecule has 8 heteroatoms. The normalized spacial score (nSPS) is 11.6. The van der Waals surface area contributed by atoms with E-state index in [1.807, 2.05) is 0 Å². The fourth-order valence-corrected chi connectivity index (χ4v) is 2.17. The highest BCUT2D eigenvalue weighted by Gasteiger charge is 2.22. The Balaban J connectivity index is 3.19. The van der Waals surface area contributed by atoms with Gasteiger partial charge in [-0.15, -0.1) is 0 Å². The number of carbonyl (C=O) groups is 1. The molecule has 0 aliphatic rings. The number of rotatable bonds is 4. The second-order valence-electron chi connectivity index (χ2n) is 2.62. The summed E-state index contributed by atoms with van der Waals surface area (Å²) in [6, 6.07) is 0.989. The topological polar surface area (TPSA) is 102 Å². The van der Waals surface area contributed by atoms with Crippen LogP contribution in [0.3, 0.4) is 0 Å². The van der Waals surface area contributed by atoms with Crippen molar-refractivity contribution in [1.29, 1.82) is 0 Å². The van der Waals surface area contributed by atoms with Gasteiger partial charge in [-0.3, -0.25) is 4.79 Å². The molecule has 1 amide bonds. The van der Waals surface area contributed by atoms with E-state index in [1.165, 1.54) is 0 Å². The number of halogens is 1. The molecular weight excluding hydrogens is 244 g/mol. The minimum absolute atomic E-state index is 0.159. The minimum Gasteiger partial charge on any atom is -0.431 e. The first-order valence-corrected chi connectivity index (χ1v) is 5.83. The summed E-state index contributed by atoms with van der Waals surface area (Å²) in [5, 5.41) is -0.762. The Morgan fingerprint density at radius 2 is 2.27 bits per heavy atom. The number of sulfonamides is 1. The summed E-state index contributed by atoms with van der Waals surface area (Å²) < 4.78 is 29.7. The predicted molar refractivity (Wildman–Crippen MR) is 53.1 cm³/mol. The molecule has 1 aromatic heterocycles. The van der Waals surface area contributed by atoms with Gasteiger partial charge in [0.25, 0.3) is 15.9 Å². The van der Waals surface area contributed by atoms with Crippen molar-refractivity contribution < 1.29 is 17.6 Å². The Morgan fingerprint density at radius 1 is 1.67 bits per heavy atom. The van der Waals surface area contributed by atoms with E-state index in [-0.39, 0.29) is 17.3 Å². The zero-order chi connectivity index (χ0) is 11.6. The third kappa shape index (κ3) is 2.49. The van der Waals surface area contributed by atoms with Crippen LogP contribution in [-0.4, -0.2) is 20.9 Å². The van der Waals surface area contributed by atoms with Crippen LogP contribution in [0.25, 0.3) is 0 Å². The van der Waals surface area contributed by atoms with Gasteiger partial charge in [-0.2, -0.15) is 0 Å². The fourth-order valence-electron chi connectivity index (χ4n) is 0.909. The smallest absolute Gasteiger partial charge is 0.274 e. The van der Waals surface area contributed by atoms with E-state index in [0.717, 1.165) is 6.07 Å². The lowest BCUT2D eigenvalue weighted by Crippen LogP contribution is -2.22. The number of nitrogens with two attached hydrogens (primary N) is 1. The number of hydrogen-bond donors (Lipinski definition) is 2. The highest BCUT2D eigenvalue weighted by molar-refractivity contribution is 7.89. The summed E-state index contributed by atoms with van der Waals surface area (Å²) in [4.78, 5) is 10.8. The average Bonchev–Trinajstić information content (AvgIpc) is 2.47. The molecule has 84 valence electrons. The van der Waals surface area contributed by atoms with Crippen molar-refractivity contribution in [2.45, 2.75) is 12.0 Å². The van der Waals surface area contributed by atoms with Gasteiger partial charge in [0.1, 0.15) is 0 Å². The molecule has 3 N–H and O–H groups in total. The Bertz CT molecular complexity index is 479. The molecule has 1 rings (SSSR count). The van der Waals surface area contributed by atoms with Gasteiger partial charge >= 0.3 is 0 Å². The number of primary amides is 1. The van der Waals surface area contributed by atoms with Crippen LogP contribution in [0.5, 0.6) is 0 Å². The minimum atomic E-state index is -3.75. The molecule has 0 aliphatic carbocycles. The summed E-state index contributed by atoms with van der Waals surface area (Å²) in [6.07, 6.45) is 0. The molecule has 0 saturated heterocycles. The predicted octanol–water partition coefficient (Wildman–Crippen LogP) is 0.330. The first kappa shape index (κ1) is 12.0. The standard InChI is InChI=1S/C7H9ClN2O4S/c1-2-10-15(12,13)5-3-4(7(9)11)6(8)14-5/h3,10H,2H2,1H3,(H2,9,11). The molecular formula is C7H9ClN2O4S. The maximum atomic E-state index is 11.4. The highest BCUT2D eigenvalue weighted by Crippen LogP contribution is 2.23. The number of furan rings is 1. The van der Waals surface area contributed by atoms with Crippen LogP contribution >= 0.6 is 11.6 Å². The van der Waals surface area contributed by atoms with E-state index in [2.05, 4.69) is 4.72 Å². The molecule has 6 nitrogen and oxygen atoms in total. The molecule has 1 aromatic rings. The van der Waals surface area contributed by atoms with Crippen LogP contribution in [0.4, 0.5) is 0 Å². The van der Waals surface area contributed by atoms with Crippen LogP contribution in [0.2, 0.25) is 5.22 Å². The van der Waals surface area contributed by atoms with Gasteiger partial charge in [0.05, 0.1) is 5.56 Å². The second-order valence-corrected chi connectivity index (χ2v) is 4.66. The fraction of sp³-hybridized carbons (Fsp3) is 0.286. The van der Waals surface area contributed by atoms with Crippen LogP contribution in [0.15, 0.2) is 15.6 Å². The lowest BCUT2D eigenvalue weighted by Gasteiger charge is -1.98. The lowest BCUT2D eigenvalue weighted by atomic mass is 10.3. The molecule has 0 saturated carbocycles. The van der Waals surface area contributed by atoms with Crippen molar-refractivity contribution in [2.75, 3.05) is 6.54 Å². The van der Waals surface area contributed by atoms with Crippen molar-refractivity contribution in [3.05, 3.63) is 16.8 Å². The molecule has 0 aromatic carbocycles. The lowest BCUT2D eigenvalue weighted by molar-refractivity contribution is 0.1000. The van der Waals surface area contributed by atoms with E-state index in [0.29, 0.717) is 0 Å². The van der Waals surface area contributed by atoms with E-state index >= 15 is 0 Å². The number of hydrogen-bond acceptors (Lipinski definition) is 4. The Morgan fingerprint density at radius 3 is 2.67 bits per heavy atom. The monoisotopic (exact) mass is 252 g/mol. The van der Waals surface area contributed by atoms with Crippen LogP contribution in [0.1, 0.15) is 17.3 Å². The summed E-state index contributed by atoms with van der Waals surface area (Å²) in [7, 11) is -3.75. The van der Waals surface area contributed by atoms with Gasteiger partial charge in [0, 0.05) is 12.6 Å². The quantitative estimate of drug-likeness (QED) is 0.806. The molecule has 1 heterocycles. The first-order chi connectivity index (χ1) is 6.88. The third-order valence-electron chi connectivity index (χ3n) is 1.53. The van der Waals surface area contributed by atoms with E-state index in [4.69, 9.17) is 21.8 Å². The van der Waals surface area contributed by atoms with Crippen LogP contribution in [-0.2, 0) is 10.0 Å². The molecule has 15 heavy (non-hydrogen) atoms. The van der Waals surface area contributed by atoms with E-state index in [9.17, 15) is 13.2 Å². The van der Waals surface area contributed by atoms with Gasteiger partial charge in [-0.1, -0.05) is 6.92 Å². The van der Waals surface area contributed by atoms with Gasteiger partial charge in [-0.25, -0.2) is 13.1 Å². The number of amides is 1. The third-order valence-corrected chi connectivity index (χ3v) is 3.21. The molecule has 0 radical (unpaired) electrons. The Labute approximate surface area is 91.4 Å². The first-order valence-electron chi connectivity index (χ1n) is 3.97. The maximum Gasteiger partial charge on any atom is 0.274 e. The molecule has 0 spiro atoms. The van der Waals surface area contributed by atoms with Gasteiger partial charge in [0.2, 0.25) is 10.3 Å². The maximum absolute atomic E-state index is 11.4. The summed E-state index contributed by atoms with van der Waals surface area (Å²) in [6.45, 7) is 1.81. The van der Waals surface area contributed by atoms with Crippen molar-refractivity contribution in [3.8, 4) is 0 Å². The highest BCUT2D eigenvalue weighted by atomic mass is 35.5. The van der Waals surface area contributed by atoms with Crippen LogP contribution in [0, 0.1) is 0 Å². The van der Waals surface area contributed by atoms with Gasteiger partial charge in [-0.05, 0) is 11.6 Å². The van der Waals surface area contributed by atoms with Crippen molar-refractivity contribution in [1.82, 2.24) is 4.72 Å². The van der Waals surface area contributed by atoms with Gasteiger partial charge < -0.3 is 10.2 Å². The molecule has 0 bridgehead atoms. The number of carbonyl (C=O) groups excluding carboxylic acids is 1. The molecule has 0 fully saturated rings. The van der Waals surface area contributed by atoms with E-state index in [1.54, 1.807) is 6.92 Å². The number of nitrogens with one attached hydrogen (secondary N) is 1. The summed E-state index contributed by atoms with van der Waals surface area (Å²) in [5.74, 6) is -0.846. The van der Waals surface area contributed by atoms with Crippen molar-refractivity contribution in [3.63, 3.8) is 0 Å². The summed E-state index contributed by atoms with van der Waals surface area (Å²) in [5.41, 5.74) is 4.79. The summed E-state index contributed by atoms with van der Waals surface area (Å²) >= 11 is 5.49. The van der Waals surface area contributed by atoms with Crippen molar-refractivity contribution in [2.24, 2.45) is 5.73 Å². The second kappa shape index (κ2) is 4.21. The Kier molecular flexibility index (Phi) is 3.38. The molecule has 0 unspecified atom stereocenters. The molecule has 0 aliphatic heterocycles. The zero-order valence-corrected chi connectivity index (χ0v) is 9.35. The zero-order valence-electron chi connectivity index (χ0n) is 7.78. The average molecular weight is 253 g/mol. The molecule has 0 atom stereocenters. The Hall–Kier alpha value is -1.05. The SMILES string of the molecule is CCNS(=O)(=O)c1cc(C(N)=O)c(Cl)o1. The van der Waals surface area contributed by atoms with Crippen LogP contribution < -0.4 is 10.5 Å². The van der Waals surface area contributed by atoms with Gasteiger partial charge in [0.15, 0.2) is 0 Å². The van der Waals surface area contributed by atoms with E-state index < -0.39 is 21.0 Å². The largest absolute Gasteiger partial charge is 0.431 e. The van der Waals surface area contributed by atoms with Crippen molar-refractivity contribution >= 4 is 27.5 Å².